The van der Waals surface area contributed by atoms with Crippen LogP contribution in [0.1, 0.15) is 12.5 Å². The molecule has 5 nitrogen and oxygen atoms in total. The summed E-state index contributed by atoms with van der Waals surface area (Å²) in [7, 11) is -1.92. The Bertz CT molecular complexity index is 695. The number of aryl methyl sites for hydroxylation is 2. The molecule has 7 heteroatoms. The number of rotatable bonds is 4. The summed E-state index contributed by atoms with van der Waals surface area (Å²) in [4.78, 5) is 0.254. The van der Waals surface area contributed by atoms with Crippen LogP contribution in [-0.4, -0.2) is 18.2 Å². The number of halogens is 1. The fourth-order valence-electron chi connectivity index (χ4n) is 1.66. The molecular formula is C12H14BrN3O2S. The summed E-state index contributed by atoms with van der Waals surface area (Å²) in [6.07, 6.45) is 0.792. The first-order valence-electron chi connectivity index (χ1n) is 5.73. The molecule has 19 heavy (non-hydrogen) atoms. The molecule has 102 valence electrons. The van der Waals surface area contributed by atoms with Crippen molar-refractivity contribution >= 4 is 31.8 Å². The highest BCUT2D eigenvalue weighted by Crippen LogP contribution is 2.19. The van der Waals surface area contributed by atoms with Crippen LogP contribution in [0, 0.1) is 0 Å². The molecule has 0 unspecified atom stereocenters. The second-order valence-electron chi connectivity index (χ2n) is 4.08. The lowest BCUT2D eigenvalue weighted by Crippen LogP contribution is -2.15. The highest BCUT2D eigenvalue weighted by atomic mass is 79.9. The number of aromatic nitrogens is 2. The monoisotopic (exact) mass is 343 g/mol. The van der Waals surface area contributed by atoms with Gasteiger partial charge in [0.2, 0.25) is 0 Å². The maximum Gasteiger partial charge on any atom is 0.263 e. The SMILES string of the molecule is CCc1cccc(S(=O)(=O)Nc2cc(Br)nn2C)c1. The van der Waals surface area contributed by atoms with E-state index >= 15 is 0 Å². The van der Waals surface area contributed by atoms with Gasteiger partial charge in [-0.15, -0.1) is 0 Å². The summed E-state index contributed by atoms with van der Waals surface area (Å²) < 4.78 is 29.1. The summed E-state index contributed by atoms with van der Waals surface area (Å²) in [5.74, 6) is 0.411. The van der Waals surface area contributed by atoms with Crippen LogP contribution in [0.5, 0.6) is 0 Å². The molecule has 1 heterocycles. The first-order chi connectivity index (χ1) is 8.92. The van der Waals surface area contributed by atoms with Gasteiger partial charge < -0.3 is 0 Å². The second kappa shape index (κ2) is 5.34. The highest BCUT2D eigenvalue weighted by molar-refractivity contribution is 9.10. The van der Waals surface area contributed by atoms with Crippen LogP contribution in [0.2, 0.25) is 0 Å². The predicted molar refractivity (Wildman–Crippen MR) is 77.5 cm³/mol. The van der Waals surface area contributed by atoms with Crippen molar-refractivity contribution < 1.29 is 8.42 Å². The number of hydrogen-bond donors (Lipinski definition) is 1. The zero-order valence-corrected chi connectivity index (χ0v) is 13.0. The van der Waals surface area contributed by atoms with E-state index in [4.69, 9.17) is 0 Å². The Morgan fingerprint density at radius 3 is 2.68 bits per heavy atom. The maximum atomic E-state index is 12.3. The third kappa shape index (κ3) is 3.16. The largest absolute Gasteiger partial charge is 0.264 e. The minimum absolute atomic E-state index is 0.254. The Balaban J connectivity index is 2.34. The smallest absolute Gasteiger partial charge is 0.263 e. The first kappa shape index (κ1) is 14.1. The van der Waals surface area contributed by atoms with Crippen LogP contribution in [0.25, 0.3) is 0 Å². The Labute approximate surface area is 120 Å². The van der Waals surface area contributed by atoms with E-state index in [-0.39, 0.29) is 4.90 Å². The van der Waals surface area contributed by atoms with Gasteiger partial charge in [0.1, 0.15) is 10.4 Å². The second-order valence-corrected chi connectivity index (χ2v) is 6.58. The van der Waals surface area contributed by atoms with E-state index in [0.717, 1.165) is 12.0 Å². The van der Waals surface area contributed by atoms with E-state index in [9.17, 15) is 8.42 Å². The summed E-state index contributed by atoms with van der Waals surface area (Å²) in [6.45, 7) is 1.98. The van der Waals surface area contributed by atoms with E-state index in [1.165, 1.54) is 4.68 Å². The van der Waals surface area contributed by atoms with Gasteiger partial charge in [-0.3, -0.25) is 9.40 Å². The van der Waals surface area contributed by atoms with Crippen LogP contribution in [0.4, 0.5) is 5.82 Å². The average Bonchev–Trinajstić information content (AvgIpc) is 2.67. The van der Waals surface area contributed by atoms with Crippen molar-refractivity contribution in [1.82, 2.24) is 9.78 Å². The molecule has 0 aliphatic heterocycles. The van der Waals surface area contributed by atoms with Gasteiger partial charge in [-0.05, 0) is 40.0 Å². The zero-order chi connectivity index (χ0) is 14.0. The molecule has 0 aliphatic carbocycles. The maximum absolute atomic E-state index is 12.3. The van der Waals surface area contributed by atoms with Crippen molar-refractivity contribution in [2.45, 2.75) is 18.2 Å². The average molecular weight is 344 g/mol. The molecule has 1 aromatic heterocycles. The Hall–Kier alpha value is -1.34. The number of nitrogens with zero attached hydrogens (tertiary/aromatic N) is 2. The molecule has 0 saturated heterocycles. The predicted octanol–water partition coefficient (Wildman–Crippen LogP) is 2.55. The fourth-order valence-corrected chi connectivity index (χ4v) is 3.26. The first-order valence-corrected chi connectivity index (χ1v) is 8.01. The van der Waals surface area contributed by atoms with E-state index in [1.807, 2.05) is 13.0 Å². The minimum Gasteiger partial charge on any atom is -0.264 e. The highest BCUT2D eigenvalue weighted by Gasteiger charge is 2.16. The van der Waals surface area contributed by atoms with E-state index < -0.39 is 10.0 Å². The van der Waals surface area contributed by atoms with Crippen LogP contribution in [0.3, 0.4) is 0 Å². The Kier molecular flexibility index (Phi) is 3.96. The van der Waals surface area contributed by atoms with E-state index in [2.05, 4.69) is 25.8 Å². The van der Waals surface area contributed by atoms with Crippen molar-refractivity contribution in [3.63, 3.8) is 0 Å². The van der Waals surface area contributed by atoms with Crippen molar-refractivity contribution in [3.05, 3.63) is 40.5 Å². The van der Waals surface area contributed by atoms with Gasteiger partial charge >= 0.3 is 0 Å². The summed E-state index contributed by atoms with van der Waals surface area (Å²) >= 11 is 3.20. The molecule has 0 spiro atoms. The lowest BCUT2D eigenvalue weighted by molar-refractivity contribution is 0.600. The fraction of sp³-hybridized carbons (Fsp3) is 0.250. The van der Waals surface area contributed by atoms with Gasteiger partial charge in [-0.2, -0.15) is 5.10 Å². The van der Waals surface area contributed by atoms with Crippen LogP contribution < -0.4 is 4.72 Å². The zero-order valence-electron chi connectivity index (χ0n) is 10.6. The number of benzene rings is 1. The standard InChI is InChI=1S/C12H14BrN3O2S/c1-3-9-5-4-6-10(7-9)19(17,18)15-12-8-11(13)14-16(12)2/h4-8,15H,3H2,1-2H3. The normalized spacial score (nSPS) is 11.5. The Morgan fingerprint density at radius 2 is 2.11 bits per heavy atom. The van der Waals surface area contributed by atoms with Gasteiger partial charge in [0.05, 0.1) is 4.90 Å². The van der Waals surface area contributed by atoms with Gasteiger partial charge in [0.25, 0.3) is 10.0 Å². The Morgan fingerprint density at radius 1 is 1.37 bits per heavy atom. The molecule has 0 aliphatic rings. The molecule has 0 saturated carbocycles. The molecule has 0 bridgehead atoms. The van der Waals surface area contributed by atoms with Crippen molar-refractivity contribution in [1.29, 1.82) is 0 Å². The lowest BCUT2D eigenvalue weighted by atomic mass is 10.2. The van der Waals surface area contributed by atoms with Crippen LogP contribution in [-0.2, 0) is 23.5 Å². The molecular weight excluding hydrogens is 330 g/mol. The third-order valence-corrected chi connectivity index (χ3v) is 4.45. The van der Waals surface area contributed by atoms with Crippen LogP contribution in [0.15, 0.2) is 39.8 Å². The number of sulfonamides is 1. The summed E-state index contributed by atoms with van der Waals surface area (Å²) in [5, 5.41) is 4.03. The molecule has 0 atom stereocenters. The van der Waals surface area contributed by atoms with Crippen molar-refractivity contribution in [2.24, 2.45) is 7.05 Å². The lowest BCUT2D eigenvalue weighted by Gasteiger charge is -2.08. The summed E-state index contributed by atoms with van der Waals surface area (Å²) in [5.41, 5.74) is 0.981. The van der Waals surface area contributed by atoms with Crippen LogP contribution >= 0.6 is 15.9 Å². The minimum atomic E-state index is -3.59. The molecule has 0 fully saturated rings. The van der Waals surface area contributed by atoms with Crippen molar-refractivity contribution in [2.75, 3.05) is 4.72 Å². The van der Waals surface area contributed by atoms with Crippen molar-refractivity contribution in [3.8, 4) is 0 Å². The van der Waals surface area contributed by atoms with E-state index in [1.54, 1.807) is 31.3 Å². The quantitative estimate of drug-likeness (QED) is 0.927. The number of anilines is 1. The molecule has 0 amide bonds. The van der Waals surface area contributed by atoms with E-state index in [0.29, 0.717) is 10.4 Å². The molecule has 1 aromatic carbocycles. The molecule has 1 N–H and O–H groups in total. The number of hydrogen-bond acceptors (Lipinski definition) is 3. The van der Waals surface area contributed by atoms with Gasteiger partial charge in [0, 0.05) is 13.1 Å². The molecule has 0 radical (unpaired) electrons. The van der Waals surface area contributed by atoms with Gasteiger partial charge in [-0.25, -0.2) is 8.42 Å². The topological polar surface area (TPSA) is 64.0 Å². The third-order valence-electron chi connectivity index (χ3n) is 2.71. The summed E-state index contributed by atoms with van der Waals surface area (Å²) in [6, 6.07) is 8.51. The molecule has 2 aromatic rings. The van der Waals surface area contributed by atoms with Gasteiger partial charge in [-0.1, -0.05) is 19.1 Å². The number of nitrogens with one attached hydrogen (secondary N) is 1. The molecule has 2 rings (SSSR count). The van der Waals surface area contributed by atoms with Gasteiger partial charge in [0.15, 0.2) is 0 Å².